The van der Waals surface area contributed by atoms with E-state index < -0.39 is 18.1 Å². The Morgan fingerprint density at radius 3 is 2.61 bits per heavy atom. The van der Waals surface area contributed by atoms with Crippen molar-refractivity contribution in [2.75, 3.05) is 13.1 Å². The van der Waals surface area contributed by atoms with Crippen LogP contribution in [-0.4, -0.2) is 36.1 Å². The van der Waals surface area contributed by atoms with Crippen LogP contribution in [0.5, 0.6) is 0 Å². The number of hydrogen-bond donors (Lipinski definition) is 1. The van der Waals surface area contributed by atoms with Crippen molar-refractivity contribution in [3.05, 3.63) is 0 Å². The highest BCUT2D eigenvalue weighted by atomic mass is 35.5. The molecule has 1 aliphatic rings. The first-order chi connectivity index (χ1) is 7.86. The number of carbonyl (C=O) groups is 1. The average Bonchev–Trinajstić information content (AvgIpc) is 2.27. The summed E-state index contributed by atoms with van der Waals surface area (Å²) in [5.74, 6) is -1.74. The molecule has 2 atom stereocenters. The van der Waals surface area contributed by atoms with Crippen molar-refractivity contribution < 1.29 is 18.0 Å². The van der Waals surface area contributed by atoms with Crippen molar-refractivity contribution in [3.63, 3.8) is 0 Å². The first-order valence-electron chi connectivity index (χ1n) is 5.97. The Bertz CT molecular complexity index is 274. The van der Waals surface area contributed by atoms with E-state index in [9.17, 15) is 18.0 Å². The lowest BCUT2D eigenvalue weighted by Gasteiger charge is -2.35. The predicted molar refractivity (Wildman–Crippen MR) is 65.5 cm³/mol. The van der Waals surface area contributed by atoms with Gasteiger partial charge in [-0.1, -0.05) is 13.3 Å². The van der Waals surface area contributed by atoms with E-state index in [1.54, 1.807) is 0 Å². The van der Waals surface area contributed by atoms with Crippen LogP contribution in [0, 0.1) is 5.92 Å². The maximum absolute atomic E-state index is 12.6. The van der Waals surface area contributed by atoms with Crippen LogP contribution in [0.4, 0.5) is 13.2 Å². The number of nitrogens with two attached hydrogens (primary N) is 1. The third-order valence-electron chi connectivity index (χ3n) is 3.11. The molecular formula is C11H20ClF3N2O. The van der Waals surface area contributed by atoms with Gasteiger partial charge in [0.15, 0.2) is 0 Å². The second-order valence-electron chi connectivity index (χ2n) is 4.56. The minimum absolute atomic E-state index is 0. The summed E-state index contributed by atoms with van der Waals surface area (Å²) in [5, 5.41) is 0. The Balaban J connectivity index is 0.00000289. The van der Waals surface area contributed by atoms with Crippen LogP contribution in [0.1, 0.15) is 32.6 Å². The summed E-state index contributed by atoms with van der Waals surface area (Å²) < 4.78 is 37.7. The smallest absolute Gasteiger partial charge is 0.341 e. The fourth-order valence-electron chi connectivity index (χ4n) is 2.11. The summed E-state index contributed by atoms with van der Waals surface area (Å²) in [6.07, 6.45) is -2.44. The zero-order valence-corrected chi connectivity index (χ0v) is 11.2. The SMILES string of the molecule is CCCC(N)C(=O)N1CCCC(C(F)(F)F)C1.Cl. The second kappa shape index (κ2) is 7.19. The van der Waals surface area contributed by atoms with Gasteiger partial charge in [-0.05, 0) is 19.3 Å². The molecule has 1 saturated heterocycles. The Kier molecular flexibility index (Phi) is 6.99. The lowest BCUT2D eigenvalue weighted by Crippen LogP contribution is -2.50. The van der Waals surface area contributed by atoms with Crippen molar-refractivity contribution in [1.29, 1.82) is 0 Å². The lowest BCUT2D eigenvalue weighted by molar-refractivity contribution is -0.188. The largest absolute Gasteiger partial charge is 0.393 e. The topological polar surface area (TPSA) is 46.3 Å². The average molecular weight is 289 g/mol. The number of alkyl halides is 3. The molecule has 108 valence electrons. The second-order valence-corrected chi connectivity index (χ2v) is 4.56. The van der Waals surface area contributed by atoms with Crippen molar-refractivity contribution in [1.82, 2.24) is 4.90 Å². The van der Waals surface area contributed by atoms with Crippen LogP contribution in [0.15, 0.2) is 0 Å². The third kappa shape index (κ3) is 4.65. The van der Waals surface area contributed by atoms with E-state index in [-0.39, 0.29) is 31.3 Å². The molecule has 0 aromatic rings. The molecule has 18 heavy (non-hydrogen) atoms. The van der Waals surface area contributed by atoms with Gasteiger partial charge in [-0.25, -0.2) is 0 Å². The zero-order valence-electron chi connectivity index (χ0n) is 10.4. The molecule has 0 aliphatic carbocycles. The molecule has 0 bridgehead atoms. The van der Waals surface area contributed by atoms with Gasteiger partial charge in [0.1, 0.15) is 0 Å². The van der Waals surface area contributed by atoms with Crippen LogP contribution >= 0.6 is 12.4 Å². The van der Waals surface area contributed by atoms with Gasteiger partial charge in [0, 0.05) is 13.1 Å². The standard InChI is InChI=1S/C11H19F3N2O.ClH/c1-2-4-9(15)10(17)16-6-3-5-8(7-16)11(12,13)14;/h8-9H,2-7,15H2,1H3;1H. The van der Waals surface area contributed by atoms with Gasteiger partial charge in [-0.2, -0.15) is 13.2 Å². The minimum atomic E-state index is -4.21. The van der Waals surface area contributed by atoms with E-state index in [0.29, 0.717) is 19.4 Å². The van der Waals surface area contributed by atoms with Gasteiger partial charge in [0.25, 0.3) is 0 Å². The van der Waals surface area contributed by atoms with Gasteiger partial charge in [0.05, 0.1) is 12.0 Å². The van der Waals surface area contributed by atoms with Gasteiger partial charge in [-0.15, -0.1) is 12.4 Å². The van der Waals surface area contributed by atoms with Gasteiger partial charge >= 0.3 is 6.18 Å². The molecule has 0 radical (unpaired) electrons. The molecule has 1 amide bonds. The van der Waals surface area contributed by atoms with E-state index in [4.69, 9.17) is 5.73 Å². The molecule has 1 aliphatic heterocycles. The van der Waals surface area contributed by atoms with Crippen LogP contribution < -0.4 is 5.73 Å². The van der Waals surface area contributed by atoms with Crippen molar-refractivity contribution in [3.8, 4) is 0 Å². The molecule has 2 N–H and O–H groups in total. The van der Waals surface area contributed by atoms with E-state index in [1.165, 1.54) is 4.90 Å². The Labute approximate surface area is 111 Å². The van der Waals surface area contributed by atoms with Gasteiger partial charge < -0.3 is 10.6 Å². The van der Waals surface area contributed by atoms with E-state index in [1.807, 2.05) is 6.92 Å². The molecule has 3 nitrogen and oxygen atoms in total. The minimum Gasteiger partial charge on any atom is -0.341 e. The monoisotopic (exact) mass is 288 g/mol. The van der Waals surface area contributed by atoms with Crippen LogP contribution in [-0.2, 0) is 4.79 Å². The highest BCUT2D eigenvalue weighted by Crippen LogP contribution is 2.33. The number of carbonyl (C=O) groups excluding carboxylic acids is 1. The summed E-state index contributed by atoms with van der Waals surface area (Å²) in [5.41, 5.74) is 5.64. The van der Waals surface area contributed by atoms with Crippen molar-refractivity contribution in [2.24, 2.45) is 11.7 Å². The summed E-state index contributed by atoms with van der Waals surface area (Å²) in [6.45, 7) is 2.05. The number of halogens is 4. The van der Waals surface area contributed by atoms with Crippen molar-refractivity contribution in [2.45, 2.75) is 44.8 Å². The molecule has 0 spiro atoms. The first kappa shape index (κ1) is 17.5. The predicted octanol–water partition coefficient (Wildman–Crippen LogP) is 2.34. The van der Waals surface area contributed by atoms with Gasteiger partial charge in [0.2, 0.25) is 5.91 Å². The molecule has 7 heteroatoms. The maximum atomic E-state index is 12.6. The summed E-state index contributed by atoms with van der Waals surface area (Å²) in [4.78, 5) is 13.1. The number of rotatable bonds is 3. The maximum Gasteiger partial charge on any atom is 0.393 e. The molecule has 1 fully saturated rings. The summed E-state index contributed by atoms with van der Waals surface area (Å²) >= 11 is 0. The van der Waals surface area contributed by atoms with Crippen LogP contribution in [0.3, 0.4) is 0 Å². The Hall–Kier alpha value is -0.490. The highest BCUT2D eigenvalue weighted by Gasteiger charge is 2.43. The van der Waals surface area contributed by atoms with Gasteiger partial charge in [-0.3, -0.25) is 4.79 Å². The summed E-state index contributed by atoms with van der Waals surface area (Å²) in [6, 6.07) is -0.660. The third-order valence-corrected chi connectivity index (χ3v) is 3.11. The zero-order chi connectivity index (χ0) is 13.1. The fourth-order valence-corrected chi connectivity index (χ4v) is 2.11. The number of nitrogens with zero attached hydrogens (tertiary/aromatic N) is 1. The first-order valence-corrected chi connectivity index (χ1v) is 5.97. The molecular weight excluding hydrogens is 269 g/mol. The molecule has 1 rings (SSSR count). The Morgan fingerprint density at radius 1 is 1.50 bits per heavy atom. The number of likely N-dealkylation sites (tertiary alicyclic amines) is 1. The normalized spacial score (nSPS) is 22.3. The summed E-state index contributed by atoms with van der Waals surface area (Å²) in [7, 11) is 0. The van der Waals surface area contributed by atoms with E-state index >= 15 is 0 Å². The van der Waals surface area contributed by atoms with Crippen LogP contribution in [0.2, 0.25) is 0 Å². The molecule has 0 aromatic heterocycles. The highest BCUT2D eigenvalue weighted by molar-refractivity contribution is 5.85. The molecule has 1 heterocycles. The molecule has 0 saturated carbocycles. The number of piperidine rings is 1. The van der Waals surface area contributed by atoms with E-state index in [2.05, 4.69) is 0 Å². The quantitative estimate of drug-likeness (QED) is 0.866. The molecule has 2 unspecified atom stereocenters. The fraction of sp³-hybridized carbons (Fsp3) is 0.909. The van der Waals surface area contributed by atoms with Crippen molar-refractivity contribution >= 4 is 18.3 Å². The number of hydrogen-bond acceptors (Lipinski definition) is 2. The number of amides is 1. The Morgan fingerprint density at radius 2 is 2.11 bits per heavy atom. The van der Waals surface area contributed by atoms with E-state index in [0.717, 1.165) is 6.42 Å². The molecule has 0 aromatic carbocycles. The lowest BCUT2D eigenvalue weighted by atomic mass is 9.96. The van der Waals surface area contributed by atoms with Crippen LogP contribution in [0.25, 0.3) is 0 Å².